The fourth-order valence-corrected chi connectivity index (χ4v) is 4.86. The van der Waals surface area contributed by atoms with Crippen molar-refractivity contribution in [1.29, 1.82) is 0 Å². The van der Waals surface area contributed by atoms with Crippen molar-refractivity contribution in [3.8, 4) is 0 Å². The number of carbonyl (C=O) groups is 2. The lowest BCUT2D eigenvalue weighted by atomic mass is 10.1. The lowest BCUT2D eigenvalue weighted by Gasteiger charge is -2.31. The van der Waals surface area contributed by atoms with Gasteiger partial charge in [0.2, 0.25) is 0 Å². The first kappa shape index (κ1) is 25.0. The average Bonchev–Trinajstić information content (AvgIpc) is 3.40. The Morgan fingerprint density at radius 1 is 1.03 bits per heavy atom. The molecule has 0 aliphatic carbocycles. The molecule has 35 heavy (non-hydrogen) atoms. The molecule has 1 fully saturated rings. The average molecular weight is 538 g/mol. The SMILES string of the molecule is CCCCN(Cc1ccco1)c1ccc(NC(=O)c2ccccc2Br)cc1C(=O)N1CCCCC1. The van der Waals surface area contributed by atoms with Crippen LogP contribution in [0.15, 0.2) is 69.8 Å². The summed E-state index contributed by atoms with van der Waals surface area (Å²) < 4.78 is 6.35. The number of piperidine rings is 1. The molecule has 0 atom stereocenters. The van der Waals surface area contributed by atoms with E-state index in [1.54, 1.807) is 12.3 Å². The standard InChI is InChI=1S/C28H32BrN3O3/c1-2-3-15-32(20-22-10-9-18-35-22)26-14-13-21(30-27(33)23-11-5-6-12-25(23)29)19-24(26)28(34)31-16-7-4-8-17-31/h5-6,9-14,18-19H,2-4,7-8,15-17,20H2,1H3,(H,30,33). The fourth-order valence-electron chi connectivity index (χ4n) is 4.40. The minimum absolute atomic E-state index is 0.0117. The van der Waals surface area contributed by atoms with Crippen molar-refractivity contribution in [3.05, 3.63) is 82.2 Å². The van der Waals surface area contributed by atoms with Crippen LogP contribution < -0.4 is 10.2 Å². The van der Waals surface area contributed by atoms with Gasteiger partial charge in [0.25, 0.3) is 11.8 Å². The van der Waals surface area contributed by atoms with Crippen molar-refractivity contribution < 1.29 is 14.0 Å². The van der Waals surface area contributed by atoms with Gasteiger partial charge in [-0.05, 0) is 84.1 Å². The van der Waals surface area contributed by atoms with Gasteiger partial charge >= 0.3 is 0 Å². The number of hydrogen-bond donors (Lipinski definition) is 1. The largest absolute Gasteiger partial charge is 0.467 e. The number of rotatable bonds is 9. The number of halogens is 1. The van der Waals surface area contributed by atoms with Crippen LogP contribution in [0.2, 0.25) is 0 Å². The number of nitrogens with one attached hydrogen (secondary N) is 1. The summed E-state index contributed by atoms with van der Waals surface area (Å²) >= 11 is 3.45. The van der Waals surface area contributed by atoms with Crippen LogP contribution in [0.1, 0.15) is 65.5 Å². The Morgan fingerprint density at radius 3 is 2.54 bits per heavy atom. The minimum atomic E-state index is -0.222. The summed E-state index contributed by atoms with van der Waals surface area (Å²) in [5, 5.41) is 2.98. The molecule has 4 rings (SSSR count). The van der Waals surface area contributed by atoms with E-state index in [2.05, 4.69) is 33.1 Å². The highest BCUT2D eigenvalue weighted by atomic mass is 79.9. The highest BCUT2D eigenvalue weighted by Crippen LogP contribution is 2.29. The number of furan rings is 1. The van der Waals surface area contributed by atoms with Crippen LogP contribution in [0.4, 0.5) is 11.4 Å². The molecule has 1 aliphatic heterocycles. The van der Waals surface area contributed by atoms with Crippen LogP contribution in [0.25, 0.3) is 0 Å². The predicted octanol–water partition coefficient (Wildman–Crippen LogP) is 6.73. The maximum atomic E-state index is 13.7. The van der Waals surface area contributed by atoms with E-state index in [9.17, 15) is 9.59 Å². The number of amides is 2. The summed E-state index contributed by atoms with van der Waals surface area (Å²) in [6, 6.07) is 16.8. The second-order valence-corrected chi connectivity index (χ2v) is 9.73. The van der Waals surface area contributed by atoms with E-state index in [0.29, 0.717) is 23.4 Å². The van der Waals surface area contributed by atoms with Crippen molar-refractivity contribution in [1.82, 2.24) is 4.90 Å². The van der Waals surface area contributed by atoms with Crippen LogP contribution in [0.5, 0.6) is 0 Å². The maximum Gasteiger partial charge on any atom is 0.256 e. The molecule has 0 spiro atoms. The third kappa shape index (κ3) is 6.34. The monoisotopic (exact) mass is 537 g/mol. The molecule has 2 heterocycles. The predicted molar refractivity (Wildman–Crippen MR) is 143 cm³/mol. The molecule has 0 radical (unpaired) electrons. The molecular weight excluding hydrogens is 506 g/mol. The van der Waals surface area contributed by atoms with E-state index in [-0.39, 0.29) is 11.8 Å². The Morgan fingerprint density at radius 2 is 1.83 bits per heavy atom. The fraction of sp³-hybridized carbons (Fsp3) is 0.357. The topological polar surface area (TPSA) is 65.8 Å². The molecule has 0 unspecified atom stereocenters. The molecule has 7 heteroatoms. The molecule has 2 aromatic carbocycles. The zero-order chi connectivity index (χ0) is 24.6. The third-order valence-corrected chi connectivity index (χ3v) is 6.99. The summed E-state index contributed by atoms with van der Waals surface area (Å²) in [6.07, 6.45) is 6.91. The minimum Gasteiger partial charge on any atom is -0.467 e. The molecule has 1 aromatic heterocycles. The van der Waals surface area contributed by atoms with E-state index in [1.165, 1.54) is 0 Å². The quantitative estimate of drug-likeness (QED) is 0.328. The molecule has 0 bridgehead atoms. The molecule has 6 nitrogen and oxygen atoms in total. The molecule has 1 saturated heterocycles. The van der Waals surface area contributed by atoms with E-state index in [4.69, 9.17) is 4.42 Å². The normalized spacial score (nSPS) is 13.5. The van der Waals surface area contributed by atoms with Gasteiger partial charge in [0.1, 0.15) is 5.76 Å². The number of unbranched alkanes of at least 4 members (excludes halogenated alkanes) is 1. The number of anilines is 2. The van der Waals surface area contributed by atoms with Gasteiger partial charge in [-0.3, -0.25) is 9.59 Å². The Balaban J connectivity index is 1.68. The summed E-state index contributed by atoms with van der Waals surface area (Å²) in [7, 11) is 0. The Labute approximate surface area is 215 Å². The number of nitrogens with zero attached hydrogens (tertiary/aromatic N) is 2. The highest BCUT2D eigenvalue weighted by molar-refractivity contribution is 9.10. The Bertz CT molecular complexity index is 1140. The van der Waals surface area contributed by atoms with Gasteiger partial charge < -0.3 is 19.5 Å². The molecule has 2 amide bonds. The number of hydrogen-bond acceptors (Lipinski definition) is 4. The van der Waals surface area contributed by atoms with Gasteiger partial charge in [-0.2, -0.15) is 0 Å². The summed E-state index contributed by atoms with van der Waals surface area (Å²) in [5.41, 5.74) is 2.62. The molecule has 3 aromatic rings. The van der Waals surface area contributed by atoms with E-state index < -0.39 is 0 Å². The lowest BCUT2D eigenvalue weighted by Crippen LogP contribution is -2.37. The van der Waals surface area contributed by atoms with Gasteiger partial charge in [0.15, 0.2) is 0 Å². The van der Waals surface area contributed by atoms with Crippen LogP contribution in [0.3, 0.4) is 0 Å². The first-order valence-corrected chi connectivity index (χ1v) is 13.1. The van der Waals surface area contributed by atoms with Crippen LogP contribution in [-0.4, -0.2) is 36.3 Å². The second kappa shape index (κ2) is 12.1. The van der Waals surface area contributed by atoms with Gasteiger partial charge in [0, 0.05) is 29.8 Å². The number of benzene rings is 2. The van der Waals surface area contributed by atoms with E-state index in [0.717, 1.165) is 67.7 Å². The Hall–Kier alpha value is -3.06. The molecule has 0 saturated carbocycles. The van der Waals surface area contributed by atoms with Crippen LogP contribution in [-0.2, 0) is 6.54 Å². The van der Waals surface area contributed by atoms with Crippen molar-refractivity contribution in [2.45, 2.75) is 45.6 Å². The Kier molecular flexibility index (Phi) is 8.64. The molecule has 184 valence electrons. The van der Waals surface area contributed by atoms with Crippen molar-refractivity contribution >= 4 is 39.1 Å². The van der Waals surface area contributed by atoms with Crippen molar-refractivity contribution in [3.63, 3.8) is 0 Å². The van der Waals surface area contributed by atoms with Gasteiger partial charge in [-0.25, -0.2) is 0 Å². The third-order valence-electron chi connectivity index (χ3n) is 6.30. The van der Waals surface area contributed by atoms with E-state index in [1.807, 2.05) is 53.4 Å². The van der Waals surface area contributed by atoms with Gasteiger partial charge in [0.05, 0.1) is 29.6 Å². The zero-order valence-electron chi connectivity index (χ0n) is 20.1. The van der Waals surface area contributed by atoms with Gasteiger partial charge in [-0.15, -0.1) is 0 Å². The lowest BCUT2D eigenvalue weighted by molar-refractivity contribution is 0.0724. The van der Waals surface area contributed by atoms with Crippen LogP contribution in [0, 0.1) is 0 Å². The van der Waals surface area contributed by atoms with Crippen LogP contribution >= 0.6 is 15.9 Å². The zero-order valence-corrected chi connectivity index (χ0v) is 21.7. The first-order valence-electron chi connectivity index (χ1n) is 12.3. The highest BCUT2D eigenvalue weighted by Gasteiger charge is 2.24. The number of likely N-dealkylation sites (tertiary alicyclic amines) is 1. The van der Waals surface area contributed by atoms with Crippen molar-refractivity contribution in [2.24, 2.45) is 0 Å². The van der Waals surface area contributed by atoms with Crippen molar-refractivity contribution in [2.75, 3.05) is 29.9 Å². The molecule has 1 aliphatic rings. The van der Waals surface area contributed by atoms with E-state index >= 15 is 0 Å². The smallest absolute Gasteiger partial charge is 0.256 e. The second-order valence-electron chi connectivity index (χ2n) is 8.87. The summed E-state index contributed by atoms with van der Waals surface area (Å²) in [5.74, 6) is 0.640. The summed E-state index contributed by atoms with van der Waals surface area (Å²) in [4.78, 5) is 30.8. The summed E-state index contributed by atoms with van der Waals surface area (Å²) in [6.45, 7) is 5.07. The molecule has 1 N–H and O–H groups in total. The van der Waals surface area contributed by atoms with Gasteiger partial charge in [-0.1, -0.05) is 25.5 Å². The maximum absolute atomic E-state index is 13.7. The number of carbonyl (C=O) groups excluding carboxylic acids is 2. The molecular formula is C28H32BrN3O3. The first-order chi connectivity index (χ1) is 17.1.